The van der Waals surface area contributed by atoms with Crippen molar-refractivity contribution in [2.45, 2.75) is 37.8 Å². The minimum Gasteiger partial charge on any atom is -0.490 e. The largest absolute Gasteiger partial charge is 0.490 e. The van der Waals surface area contributed by atoms with E-state index < -0.39 is 6.10 Å². The Bertz CT molecular complexity index is 573. The van der Waals surface area contributed by atoms with E-state index in [1.807, 2.05) is 30.3 Å². The molecule has 1 fully saturated rings. The van der Waals surface area contributed by atoms with Gasteiger partial charge in [-0.1, -0.05) is 49.2 Å². The molecule has 2 aromatic carbocycles. The normalized spacial score (nSPS) is 17.2. The van der Waals surface area contributed by atoms with Gasteiger partial charge in [0.25, 0.3) is 0 Å². The molecule has 1 aliphatic carbocycles. The number of benzene rings is 2. The van der Waals surface area contributed by atoms with E-state index in [0.29, 0.717) is 19.2 Å². The molecule has 1 aliphatic rings. The zero-order valence-corrected chi connectivity index (χ0v) is 12.3. The number of fused-ring (bicyclic) bond motifs is 1. The molecule has 0 radical (unpaired) electrons. The summed E-state index contributed by atoms with van der Waals surface area (Å²) in [4.78, 5) is 0. The van der Waals surface area contributed by atoms with Gasteiger partial charge in [0.15, 0.2) is 0 Å². The molecule has 0 heterocycles. The van der Waals surface area contributed by atoms with Gasteiger partial charge < -0.3 is 15.2 Å². The zero-order chi connectivity index (χ0) is 14.5. The van der Waals surface area contributed by atoms with Gasteiger partial charge in [-0.25, -0.2) is 0 Å². The van der Waals surface area contributed by atoms with Gasteiger partial charge in [0.05, 0.1) is 0 Å². The highest BCUT2D eigenvalue weighted by Gasteiger charge is 2.16. The fourth-order valence-electron chi connectivity index (χ4n) is 3.00. The summed E-state index contributed by atoms with van der Waals surface area (Å²) in [6.07, 6.45) is 4.61. The third-order valence-electron chi connectivity index (χ3n) is 4.18. The molecule has 0 saturated heterocycles. The minimum atomic E-state index is -0.468. The first kappa shape index (κ1) is 14.4. The predicted octanol–water partition coefficient (Wildman–Crippen LogP) is 3.11. The van der Waals surface area contributed by atoms with Crippen molar-refractivity contribution < 1.29 is 9.84 Å². The second-order valence-corrected chi connectivity index (χ2v) is 5.83. The summed E-state index contributed by atoms with van der Waals surface area (Å²) in [5.74, 6) is 0.841. The lowest BCUT2D eigenvalue weighted by molar-refractivity contribution is 0.104. The number of aliphatic hydroxyl groups excluding tert-OH is 1. The second-order valence-electron chi connectivity index (χ2n) is 5.83. The Morgan fingerprint density at radius 1 is 1.10 bits per heavy atom. The lowest BCUT2D eigenvalue weighted by Gasteiger charge is -2.17. The Hall–Kier alpha value is -1.58. The maximum Gasteiger partial charge on any atom is 0.127 e. The van der Waals surface area contributed by atoms with Gasteiger partial charge in [0, 0.05) is 18.0 Å². The summed E-state index contributed by atoms with van der Waals surface area (Å²) in [5, 5.41) is 15.7. The Labute approximate surface area is 125 Å². The topological polar surface area (TPSA) is 41.5 Å². The molecule has 3 nitrogen and oxygen atoms in total. The van der Waals surface area contributed by atoms with Gasteiger partial charge in [0.2, 0.25) is 0 Å². The number of ether oxygens (including phenoxy) is 1. The first-order chi connectivity index (χ1) is 10.3. The van der Waals surface area contributed by atoms with Crippen LogP contribution in [-0.2, 0) is 0 Å². The number of aliphatic hydroxyl groups is 1. The molecule has 0 aromatic heterocycles. The molecule has 0 aliphatic heterocycles. The van der Waals surface area contributed by atoms with Crippen molar-refractivity contribution in [2.75, 3.05) is 13.2 Å². The quantitative estimate of drug-likeness (QED) is 0.857. The summed E-state index contributed by atoms with van der Waals surface area (Å²) in [7, 11) is 0. The molecule has 21 heavy (non-hydrogen) atoms. The van der Waals surface area contributed by atoms with Gasteiger partial charge in [-0.05, 0) is 24.3 Å². The monoisotopic (exact) mass is 285 g/mol. The number of hydrogen-bond acceptors (Lipinski definition) is 3. The molecule has 0 spiro atoms. The average molecular weight is 285 g/mol. The van der Waals surface area contributed by atoms with Crippen LogP contribution < -0.4 is 10.1 Å². The average Bonchev–Trinajstić information content (AvgIpc) is 3.04. The fraction of sp³-hybridized carbons (Fsp3) is 0.444. The van der Waals surface area contributed by atoms with Crippen LogP contribution in [0.1, 0.15) is 25.7 Å². The van der Waals surface area contributed by atoms with E-state index in [1.54, 1.807) is 0 Å². The molecular weight excluding hydrogens is 262 g/mol. The second kappa shape index (κ2) is 6.92. The Morgan fingerprint density at radius 2 is 1.86 bits per heavy atom. The van der Waals surface area contributed by atoms with Crippen molar-refractivity contribution in [1.82, 2.24) is 5.32 Å². The van der Waals surface area contributed by atoms with Crippen LogP contribution >= 0.6 is 0 Å². The summed E-state index contributed by atoms with van der Waals surface area (Å²) >= 11 is 0. The van der Waals surface area contributed by atoms with Crippen LogP contribution in [0.15, 0.2) is 42.5 Å². The maximum absolute atomic E-state index is 10.1. The maximum atomic E-state index is 10.1. The van der Waals surface area contributed by atoms with E-state index in [4.69, 9.17) is 4.74 Å². The number of rotatable bonds is 6. The molecular formula is C18H23NO2. The van der Waals surface area contributed by atoms with Gasteiger partial charge in [-0.15, -0.1) is 0 Å². The van der Waals surface area contributed by atoms with Gasteiger partial charge in [-0.2, -0.15) is 0 Å². The lowest BCUT2D eigenvalue weighted by atomic mass is 10.1. The molecule has 2 aromatic rings. The van der Waals surface area contributed by atoms with Crippen molar-refractivity contribution in [3.8, 4) is 5.75 Å². The summed E-state index contributed by atoms with van der Waals surface area (Å²) < 4.78 is 5.81. The molecule has 3 rings (SSSR count). The van der Waals surface area contributed by atoms with E-state index in [0.717, 1.165) is 16.5 Å². The standard InChI is InChI=1S/C18H23NO2/c20-16(12-19-15-8-2-3-9-15)13-21-18-11-5-7-14-6-1-4-10-17(14)18/h1,4-7,10-11,15-16,19-20H,2-3,8-9,12-13H2/t16-/m1/s1. The number of nitrogens with one attached hydrogen (secondary N) is 1. The van der Waals surface area contributed by atoms with Crippen molar-refractivity contribution in [1.29, 1.82) is 0 Å². The van der Waals surface area contributed by atoms with Crippen molar-refractivity contribution in [3.05, 3.63) is 42.5 Å². The van der Waals surface area contributed by atoms with Gasteiger partial charge in [0.1, 0.15) is 18.5 Å². The van der Waals surface area contributed by atoms with Crippen LogP contribution in [0, 0.1) is 0 Å². The molecule has 0 bridgehead atoms. The van der Waals surface area contributed by atoms with Crippen LogP contribution in [-0.4, -0.2) is 30.4 Å². The highest BCUT2D eigenvalue weighted by atomic mass is 16.5. The Kier molecular flexibility index (Phi) is 4.73. The molecule has 3 heteroatoms. The smallest absolute Gasteiger partial charge is 0.127 e. The Balaban J connectivity index is 1.53. The van der Waals surface area contributed by atoms with Crippen LogP contribution in [0.5, 0.6) is 5.75 Å². The first-order valence-corrected chi connectivity index (χ1v) is 7.85. The van der Waals surface area contributed by atoms with Crippen molar-refractivity contribution in [3.63, 3.8) is 0 Å². The highest BCUT2D eigenvalue weighted by molar-refractivity contribution is 5.88. The van der Waals surface area contributed by atoms with Crippen LogP contribution in [0.3, 0.4) is 0 Å². The summed E-state index contributed by atoms with van der Waals surface area (Å²) in [5.41, 5.74) is 0. The summed E-state index contributed by atoms with van der Waals surface area (Å²) in [6, 6.07) is 14.7. The van der Waals surface area contributed by atoms with Gasteiger partial charge >= 0.3 is 0 Å². The Morgan fingerprint density at radius 3 is 2.71 bits per heavy atom. The molecule has 0 unspecified atom stereocenters. The highest BCUT2D eigenvalue weighted by Crippen LogP contribution is 2.25. The molecule has 112 valence electrons. The predicted molar refractivity (Wildman–Crippen MR) is 85.7 cm³/mol. The van der Waals surface area contributed by atoms with Crippen molar-refractivity contribution in [2.24, 2.45) is 0 Å². The first-order valence-electron chi connectivity index (χ1n) is 7.85. The molecule has 1 atom stereocenters. The third kappa shape index (κ3) is 3.74. The van der Waals surface area contributed by atoms with E-state index in [9.17, 15) is 5.11 Å². The van der Waals surface area contributed by atoms with E-state index >= 15 is 0 Å². The SMILES string of the molecule is O[C@H](CNC1CCCC1)COc1cccc2ccccc12. The van der Waals surface area contributed by atoms with Crippen LogP contribution in [0.4, 0.5) is 0 Å². The van der Waals surface area contributed by atoms with E-state index in [-0.39, 0.29) is 0 Å². The fourth-order valence-corrected chi connectivity index (χ4v) is 3.00. The molecule has 0 amide bonds. The van der Waals surface area contributed by atoms with Crippen LogP contribution in [0.2, 0.25) is 0 Å². The third-order valence-corrected chi connectivity index (χ3v) is 4.18. The van der Waals surface area contributed by atoms with E-state index in [2.05, 4.69) is 17.4 Å². The minimum absolute atomic E-state index is 0.327. The van der Waals surface area contributed by atoms with Gasteiger partial charge in [-0.3, -0.25) is 0 Å². The number of hydrogen-bond donors (Lipinski definition) is 2. The van der Waals surface area contributed by atoms with E-state index in [1.165, 1.54) is 25.7 Å². The molecule has 2 N–H and O–H groups in total. The lowest BCUT2D eigenvalue weighted by Crippen LogP contribution is -2.36. The summed E-state index contributed by atoms with van der Waals surface area (Å²) in [6.45, 7) is 0.934. The zero-order valence-electron chi connectivity index (χ0n) is 12.3. The molecule has 1 saturated carbocycles. The van der Waals surface area contributed by atoms with Crippen molar-refractivity contribution >= 4 is 10.8 Å². The van der Waals surface area contributed by atoms with Crippen LogP contribution in [0.25, 0.3) is 10.8 Å².